The number of imidazole rings is 1. The molecule has 114 valence electrons. The highest BCUT2D eigenvalue weighted by molar-refractivity contribution is 5.84. The van der Waals surface area contributed by atoms with Crippen LogP contribution < -0.4 is 0 Å². The maximum absolute atomic E-state index is 4.81. The lowest BCUT2D eigenvalue weighted by Gasteiger charge is -2.11. The van der Waals surface area contributed by atoms with Crippen LogP contribution >= 0.6 is 0 Å². The fraction of sp³-hybridized carbons (Fsp3) is 0.211. The van der Waals surface area contributed by atoms with Crippen LogP contribution in [0.3, 0.4) is 0 Å². The van der Waals surface area contributed by atoms with Gasteiger partial charge in [-0.25, -0.2) is 15.0 Å². The smallest absolute Gasteiger partial charge is 0.198 e. The molecule has 0 aliphatic carbocycles. The zero-order valence-corrected chi connectivity index (χ0v) is 13.3. The number of nitrogens with zero attached hydrogens (tertiary/aromatic N) is 4. The molecule has 4 rings (SSSR count). The van der Waals surface area contributed by atoms with Gasteiger partial charge in [-0.2, -0.15) is 0 Å². The van der Waals surface area contributed by atoms with Gasteiger partial charge in [-0.3, -0.25) is 0 Å². The summed E-state index contributed by atoms with van der Waals surface area (Å²) in [6.07, 6.45) is 0. The third kappa shape index (κ3) is 2.46. The minimum absolute atomic E-state index is 0.503. The van der Waals surface area contributed by atoms with Crippen molar-refractivity contribution in [3.05, 3.63) is 54.6 Å². The van der Waals surface area contributed by atoms with Crippen molar-refractivity contribution in [3.8, 4) is 11.4 Å². The molecule has 0 aliphatic rings. The Morgan fingerprint density at radius 2 is 1.48 bits per heavy atom. The van der Waals surface area contributed by atoms with Crippen LogP contribution in [0, 0.1) is 5.92 Å². The van der Waals surface area contributed by atoms with E-state index in [0.29, 0.717) is 11.6 Å². The molecule has 0 atom stereocenters. The van der Waals surface area contributed by atoms with Crippen molar-refractivity contribution in [2.24, 2.45) is 5.92 Å². The van der Waals surface area contributed by atoms with Gasteiger partial charge in [-0.15, -0.1) is 0 Å². The van der Waals surface area contributed by atoms with Crippen molar-refractivity contribution >= 4 is 22.3 Å². The molecule has 0 N–H and O–H groups in total. The molecule has 0 unspecified atom stereocenters. The molecule has 0 aliphatic heterocycles. The second-order valence-corrected chi connectivity index (χ2v) is 6.17. The van der Waals surface area contributed by atoms with E-state index in [2.05, 4.69) is 30.5 Å². The molecule has 0 saturated carbocycles. The summed E-state index contributed by atoms with van der Waals surface area (Å²) in [5.74, 6) is 1.44. The van der Waals surface area contributed by atoms with Gasteiger partial charge in [-0.05, 0) is 18.1 Å². The second-order valence-electron chi connectivity index (χ2n) is 6.17. The summed E-state index contributed by atoms with van der Waals surface area (Å²) in [6, 6.07) is 18.2. The van der Waals surface area contributed by atoms with E-state index in [1.165, 1.54) is 0 Å². The standard InChI is InChI=1S/C19H18N4/c1-13(2)12-23-18(14-8-4-3-5-9-14)22-17-19(23)21-16-11-7-6-10-15(16)20-17/h3-11,13H,12H2,1-2H3. The van der Waals surface area contributed by atoms with Crippen LogP contribution in [0.2, 0.25) is 0 Å². The lowest BCUT2D eigenvalue weighted by molar-refractivity contribution is 0.534. The highest BCUT2D eigenvalue weighted by Crippen LogP contribution is 2.25. The molecule has 2 aromatic carbocycles. The Kier molecular flexibility index (Phi) is 3.30. The van der Waals surface area contributed by atoms with E-state index in [4.69, 9.17) is 15.0 Å². The molecular weight excluding hydrogens is 284 g/mol. The fourth-order valence-electron chi connectivity index (χ4n) is 2.84. The molecule has 4 heteroatoms. The molecule has 0 amide bonds. The lowest BCUT2D eigenvalue weighted by Crippen LogP contribution is -2.07. The maximum atomic E-state index is 4.81. The summed E-state index contributed by atoms with van der Waals surface area (Å²) in [5.41, 5.74) is 4.45. The average molecular weight is 302 g/mol. The predicted octanol–water partition coefficient (Wildman–Crippen LogP) is 4.30. The van der Waals surface area contributed by atoms with Gasteiger partial charge in [0.1, 0.15) is 5.82 Å². The molecule has 0 fully saturated rings. The monoisotopic (exact) mass is 302 g/mol. The molecular formula is C19H18N4. The van der Waals surface area contributed by atoms with E-state index < -0.39 is 0 Å². The number of fused-ring (bicyclic) bond motifs is 2. The van der Waals surface area contributed by atoms with Crippen molar-refractivity contribution in [1.82, 2.24) is 19.5 Å². The van der Waals surface area contributed by atoms with Crippen LogP contribution in [-0.4, -0.2) is 19.5 Å². The normalized spacial score (nSPS) is 11.6. The van der Waals surface area contributed by atoms with Crippen molar-refractivity contribution in [2.75, 3.05) is 0 Å². The molecule has 0 saturated heterocycles. The minimum Gasteiger partial charge on any atom is -0.307 e. The van der Waals surface area contributed by atoms with Crippen LogP contribution in [0.5, 0.6) is 0 Å². The zero-order chi connectivity index (χ0) is 15.8. The number of aromatic nitrogens is 4. The Hall–Kier alpha value is -2.75. The first-order valence-electron chi connectivity index (χ1n) is 7.91. The van der Waals surface area contributed by atoms with E-state index in [1.54, 1.807) is 0 Å². The van der Waals surface area contributed by atoms with E-state index >= 15 is 0 Å². The summed E-state index contributed by atoms with van der Waals surface area (Å²) in [5, 5.41) is 0. The molecule has 4 nitrogen and oxygen atoms in total. The summed E-state index contributed by atoms with van der Waals surface area (Å²) in [6.45, 7) is 5.28. The average Bonchev–Trinajstić information content (AvgIpc) is 2.91. The van der Waals surface area contributed by atoms with E-state index in [-0.39, 0.29) is 0 Å². The third-order valence-corrected chi connectivity index (χ3v) is 3.84. The molecule has 4 aromatic rings. The molecule has 0 bridgehead atoms. The predicted molar refractivity (Wildman–Crippen MR) is 93.1 cm³/mol. The Bertz CT molecular complexity index is 971. The van der Waals surface area contributed by atoms with E-state index in [1.807, 2.05) is 42.5 Å². The first-order valence-corrected chi connectivity index (χ1v) is 7.91. The van der Waals surface area contributed by atoms with Crippen LogP contribution in [0.25, 0.3) is 33.7 Å². The van der Waals surface area contributed by atoms with Gasteiger partial charge in [0.05, 0.1) is 11.0 Å². The number of benzene rings is 2. The maximum Gasteiger partial charge on any atom is 0.198 e. The van der Waals surface area contributed by atoms with Gasteiger partial charge in [0.25, 0.3) is 0 Å². The fourth-order valence-corrected chi connectivity index (χ4v) is 2.84. The summed E-state index contributed by atoms with van der Waals surface area (Å²) < 4.78 is 2.19. The van der Waals surface area contributed by atoms with Crippen molar-refractivity contribution in [2.45, 2.75) is 20.4 Å². The van der Waals surface area contributed by atoms with E-state index in [0.717, 1.165) is 34.6 Å². The quantitative estimate of drug-likeness (QED) is 0.566. The Balaban J connectivity index is 2.03. The number of rotatable bonds is 3. The van der Waals surface area contributed by atoms with Gasteiger partial charge < -0.3 is 4.57 Å². The van der Waals surface area contributed by atoms with Crippen molar-refractivity contribution < 1.29 is 0 Å². The van der Waals surface area contributed by atoms with Crippen LogP contribution in [-0.2, 0) is 6.54 Å². The summed E-state index contributed by atoms with van der Waals surface area (Å²) in [7, 11) is 0. The SMILES string of the molecule is CC(C)Cn1c(-c2ccccc2)nc2nc3ccccc3nc21. The zero-order valence-electron chi connectivity index (χ0n) is 13.3. The van der Waals surface area contributed by atoms with Gasteiger partial charge >= 0.3 is 0 Å². The molecule has 0 radical (unpaired) electrons. The van der Waals surface area contributed by atoms with Gasteiger partial charge in [0.15, 0.2) is 11.3 Å². The van der Waals surface area contributed by atoms with Gasteiger partial charge in [-0.1, -0.05) is 56.3 Å². The van der Waals surface area contributed by atoms with Gasteiger partial charge in [0, 0.05) is 12.1 Å². The summed E-state index contributed by atoms with van der Waals surface area (Å²) >= 11 is 0. The highest BCUT2D eigenvalue weighted by Gasteiger charge is 2.16. The van der Waals surface area contributed by atoms with Crippen molar-refractivity contribution in [3.63, 3.8) is 0 Å². The highest BCUT2D eigenvalue weighted by atomic mass is 15.2. The molecule has 0 spiro atoms. The number of hydrogen-bond donors (Lipinski definition) is 0. The Labute approximate surface area is 134 Å². The van der Waals surface area contributed by atoms with E-state index in [9.17, 15) is 0 Å². The largest absolute Gasteiger partial charge is 0.307 e. The Morgan fingerprint density at radius 1 is 0.826 bits per heavy atom. The number of hydrogen-bond acceptors (Lipinski definition) is 3. The lowest BCUT2D eigenvalue weighted by atomic mass is 10.2. The third-order valence-electron chi connectivity index (χ3n) is 3.84. The van der Waals surface area contributed by atoms with Crippen molar-refractivity contribution in [1.29, 1.82) is 0 Å². The Morgan fingerprint density at radius 3 is 2.17 bits per heavy atom. The van der Waals surface area contributed by atoms with Crippen LogP contribution in [0.4, 0.5) is 0 Å². The topological polar surface area (TPSA) is 43.6 Å². The molecule has 23 heavy (non-hydrogen) atoms. The van der Waals surface area contributed by atoms with Crippen LogP contribution in [0.1, 0.15) is 13.8 Å². The van der Waals surface area contributed by atoms with Crippen LogP contribution in [0.15, 0.2) is 54.6 Å². The second kappa shape index (κ2) is 5.47. The number of para-hydroxylation sites is 2. The minimum atomic E-state index is 0.503. The first kappa shape index (κ1) is 13.9. The molecule has 2 aromatic heterocycles. The van der Waals surface area contributed by atoms with Gasteiger partial charge in [0.2, 0.25) is 0 Å². The first-order chi connectivity index (χ1) is 11.2. The summed E-state index contributed by atoms with van der Waals surface area (Å²) in [4.78, 5) is 14.3. The molecule has 2 heterocycles.